The van der Waals surface area contributed by atoms with E-state index in [2.05, 4.69) is 11.9 Å². The van der Waals surface area contributed by atoms with Gasteiger partial charge in [0.2, 0.25) is 5.91 Å². The molecule has 1 unspecified atom stereocenters. The summed E-state index contributed by atoms with van der Waals surface area (Å²) in [5.74, 6) is 0.568. The molecule has 0 radical (unpaired) electrons. The van der Waals surface area contributed by atoms with Crippen molar-refractivity contribution in [3.8, 4) is 0 Å². The van der Waals surface area contributed by atoms with Crippen molar-refractivity contribution >= 4 is 39.2 Å². The number of amides is 1. The fourth-order valence-corrected chi connectivity index (χ4v) is 5.61. The normalized spacial score (nSPS) is 14.2. The van der Waals surface area contributed by atoms with Gasteiger partial charge in [0.1, 0.15) is 10.6 Å². The molecule has 0 bridgehead atoms. The number of nitrogens with zero attached hydrogens (tertiary/aromatic N) is 2. The van der Waals surface area contributed by atoms with Crippen LogP contribution in [0.3, 0.4) is 0 Å². The van der Waals surface area contributed by atoms with E-state index in [1.165, 1.54) is 16.6 Å². The van der Waals surface area contributed by atoms with Gasteiger partial charge >= 0.3 is 0 Å². The van der Waals surface area contributed by atoms with E-state index in [-0.39, 0.29) is 16.7 Å². The van der Waals surface area contributed by atoms with E-state index >= 15 is 0 Å². The first kappa shape index (κ1) is 19.0. The molecule has 3 heterocycles. The van der Waals surface area contributed by atoms with Crippen molar-refractivity contribution in [2.75, 3.05) is 6.54 Å². The topological polar surface area (TPSA) is 77.1 Å². The molecule has 0 fully saturated rings. The maximum absolute atomic E-state index is 13.4. The fraction of sp³-hybridized carbons (Fsp3) is 0.350. The van der Waals surface area contributed by atoms with Gasteiger partial charge in [-0.1, -0.05) is 17.8 Å². The highest BCUT2D eigenvalue weighted by molar-refractivity contribution is 8.00. The average molecular weight is 416 g/mol. The Morgan fingerprint density at radius 3 is 3.14 bits per heavy atom. The summed E-state index contributed by atoms with van der Waals surface area (Å²) in [6.07, 6.45) is 6.26. The SMILES string of the molecule is C=CCNC(=O)C(C)Sc1nc2sc3c(c2c(=O)n1Cc1ccco1)CCC3. The van der Waals surface area contributed by atoms with Crippen molar-refractivity contribution in [2.45, 2.75) is 43.1 Å². The number of hydrogen-bond acceptors (Lipinski definition) is 6. The largest absolute Gasteiger partial charge is 0.467 e. The van der Waals surface area contributed by atoms with E-state index in [0.717, 1.165) is 35.0 Å². The number of thioether (sulfide) groups is 1. The molecular formula is C20H21N3O3S2. The highest BCUT2D eigenvalue weighted by atomic mass is 32.2. The molecule has 146 valence electrons. The molecule has 6 nitrogen and oxygen atoms in total. The lowest BCUT2D eigenvalue weighted by Gasteiger charge is -2.15. The Morgan fingerprint density at radius 1 is 1.54 bits per heavy atom. The second-order valence-corrected chi connectivity index (χ2v) is 9.09. The minimum absolute atomic E-state index is 0.0537. The lowest BCUT2D eigenvalue weighted by atomic mass is 10.2. The average Bonchev–Trinajstić information content (AvgIpc) is 3.39. The fourth-order valence-electron chi connectivity index (χ4n) is 3.37. The van der Waals surface area contributed by atoms with E-state index in [0.29, 0.717) is 24.0 Å². The van der Waals surface area contributed by atoms with Crippen LogP contribution in [-0.4, -0.2) is 27.3 Å². The van der Waals surface area contributed by atoms with E-state index in [1.54, 1.807) is 34.3 Å². The summed E-state index contributed by atoms with van der Waals surface area (Å²) in [7, 11) is 0. The number of fused-ring (bicyclic) bond motifs is 3. The molecule has 28 heavy (non-hydrogen) atoms. The number of aryl methyl sites for hydroxylation is 2. The summed E-state index contributed by atoms with van der Waals surface area (Å²) in [4.78, 5) is 32.5. The van der Waals surface area contributed by atoms with Crippen LogP contribution in [0.5, 0.6) is 0 Å². The molecule has 3 aromatic heterocycles. The summed E-state index contributed by atoms with van der Waals surface area (Å²) >= 11 is 2.90. The van der Waals surface area contributed by atoms with E-state index in [4.69, 9.17) is 9.40 Å². The highest BCUT2D eigenvalue weighted by Gasteiger charge is 2.25. The molecule has 0 saturated carbocycles. The molecule has 1 aliphatic rings. The van der Waals surface area contributed by atoms with Gasteiger partial charge in [-0.15, -0.1) is 17.9 Å². The van der Waals surface area contributed by atoms with E-state index in [1.807, 2.05) is 13.0 Å². The monoisotopic (exact) mass is 415 g/mol. The van der Waals surface area contributed by atoms with Crippen LogP contribution in [0, 0.1) is 0 Å². The Hall–Kier alpha value is -2.32. The smallest absolute Gasteiger partial charge is 0.263 e. The standard InChI is InChI=1S/C20H21N3O3S2/c1-3-9-21-17(24)12(2)27-20-22-18-16(14-7-4-8-15(14)28-18)19(25)23(20)11-13-6-5-10-26-13/h3,5-6,10,12H,1,4,7-9,11H2,2H3,(H,21,24). The number of carbonyl (C=O) groups excluding carboxylic acids is 1. The molecule has 0 aromatic carbocycles. The van der Waals surface area contributed by atoms with Crippen LogP contribution in [-0.2, 0) is 24.2 Å². The van der Waals surface area contributed by atoms with Gasteiger partial charge in [0, 0.05) is 11.4 Å². The molecule has 1 aliphatic carbocycles. The number of hydrogen-bond donors (Lipinski definition) is 1. The minimum Gasteiger partial charge on any atom is -0.467 e. The predicted molar refractivity (Wildman–Crippen MR) is 112 cm³/mol. The van der Waals surface area contributed by atoms with Crippen molar-refractivity contribution in [1.82, 2.24) is 14.9 Å². The van der Waals surface area contributed by atoms with Crippen molar-refractivity contribution in [3.63, 3.8) is 0 Å². The van der Waals surface area contributed by atoms with Crippen molar-refractivity contribution < 1.29 is 9.21 Å². The van der Waals surface area contributed by atoms with Crippen molar-refractivity contribution in [3.05, 3.63) is 57.6 Å². The van der Waals surface area contributed by atoms with E-state index in [9.17, 15) is 9.59 Å². The second kappa shape index (κ2) is 7.97. The number of aromatic nitrogens is 2. The summed E-state index contributed by atoms with van der Waals surface area (Å²) in [6.45, 7) is 6.13. The number of furan rings is 1. The van der Waals surface area contributed by atoms with Crippen LogP contribution in [0.1, 0.15) is 29.5 Å². The molecule has 1 amide bonds. The molecule has 8 heteroatoms. The van der Waals surface area contributed by atoms with Gasteiger partial charge in [0.15, 0.2) is 5.16 Å². The molecule has 4 rings (SSSR count). The first-order valence-corrected chi connectivity index (χ1v) is 10.9. The summed E-state index contributed by atoms with van der Waals surface area (Å²) < 4.78 is 7.09. The van der Waals surface area contributed by atoms with Crippen LogP contribution in [0.4, 0.5) is 0 Å². The van der Waals surface area contributed by atoms with Gasteiger partial charge in [-0.25, -0.2) is 4.98 Å². The van der Waals surface area contributed by atoms with E-state index < -0.39 is 0 Å². The van der Waals surface area contributed by atoms with Crippen LogP contribution >= 0.6 is 23.1 Å². The Kier molecular flexibility index (Phi) is 5.41. The van der Waals surface area contributed by atoms with Crippen LogP contribution < -0.4 is 10.9 Å². The third-order valence-electron chi connectivity index (χ3n) is 4.76. The number of carbonyl (C=O) groups is 1. The molecule has 0 aliphatic heterocycles. The van der Waals surface area contributed by atoms with Gasteiger partial charge in [0.25, 0.3) is 5.56 Å². The Balaban J connectivity index is 1.76. The molecule has 1 N–H and O–H groups in total. The number of nitrogens with one attached hydrogen (secondary N) is 1. The zero-order valence-corrected chi connectivity index (χ0v) is 17.2. The van der Waals surface area contributed by atoms with Crippen LogP contribution in [0.15, 0.2) is 45.4 Å². The Bertz CT molecular complexity index is 1080. The van der Waals surface area contributed by atoms with Gasteiger partial charge in [-0.05, 0) is 43.9 Å². The van der Waals surface area contributed by atoms with Crippen LogP contribution in [0.25, 0.3) is 10.2 Å². The zero-order chi connectivity index (χ0) is 19.7. The summed E-state index contributed by atoms with van der Waals surface area (Å²) in [6, 6.07) is 3.64. The quantitative estimate of drug-likeness (QED) is 0.364. The molecular weight excluding hydrogens is 394 g/mol. The van der Waals surface area contributed by atoms with Crippen molar-refractivity contribution in [2.24, 2.45) is 0 Å². The molecule has 1 atom stereocenters. The lowest BCUT2D eigenvalue weighted by molar-refractivity contribution is -0.120. The summed E-state index contributed by atoms with van der Waals surface area (Å²) in [5, 5.41) is 3.67. The molecule has 0 spiro atoms. The first-order valence-electron chi connectivity index (χ1n) is 9.21. The van der Waals surface area contributed by atoms with Crippen molar-refractivity contribution in [1.29, 1.82) is 0 Å². The van der Waals surface area contributed by atoms with Gasteiger partial charge < -0.3 is 9.73 Å². The zero-order valence-electron chi connectivity index (χ0n) is 15.6. The maximum atomic E-state index is 13.4. The molecule has 3 aromatic rings. The second-order valence-electron chi connectivity index (χ2n) is 6.70. The minimum atomic E-state index is -0.390. The summed E-state index contributed by atoms with van der Waals surface area (Å²) in [5.41, 5.74) is 1.10. The lowest BCUT2D eigenvalue weighted by Crippen LogP contribution is -2.32. The van der Waals surface area contributed by atoms with Gasteiger partial charge in [-0.3, -0.25) is 14.2 Å². The number of rotatable bonds is 7. The van der Waals surface area contributed by atoms with Gasteiger partial charge in [0.05, 0.1) is 23.4 Å². The van der Waals surface area contributed by atoms with Gasteiger partial charge in [-0.2, -0.15) is 0 Å². The first-order chi connectivity index (χ1) is 13.6. The predicted octanol–water partition coefficient (Wildman–Crippen LogP) is 3.37. The number of thiophene rings is 1. The van der Waals surface area contributed by atoms with Crippen LogP contribution in [0.2, 0.25) is 0 Å². The molecule has 0 saturated heterocycles. The maximum Gasteiger partial charge on any atom is 0.263 e. The Labute approximate surface area is 170 Å². The highest BCUT2D eigenvalue weighted by Crippen LogP contribution is 2.36. The third-order valence-corrected chi connectivity index (χ3v) is 7.03. The Morgan fingerprint density at radius 2 is 2.39 bits per heavy atom. The third kappa shape index (κ3) is 3.54.